The maximum Gasteiger partial charge on any atom is 0.221 e. The van der Waals surface area contributed by atoms with E-state index in [4.69, 9.17) is 25.4 Å². The molecule has 6 heterocycles. The summed E-state index contributed by atoms with van der Waals surface area (Å²) in [6, 6.07) is 0.648. The minimum Gasteiger partial charge on any atom is -0.396 e. The van der Waals surface area contributed by atoms with Gasteiger partial charge in [-0.1, -0.05) is 0 Å². The van der Waals surface area contributed by atoms with E-state index in [1.54, 1.807) is 21.1 Å². The van der Waals surface area contributed by atoms with Crippen LogP contribution in [0, 0.1) is 11.8 Å². The molecule has 6 aliphatic rings. The maximum atomic E-state index is 11.1. The zero-order chi connectivity index (χ0) is 59.0. The summed E-state index contributed by atoms with van der Waals surface area (Å²) in [4.78, 5) is 43.7. The Morgan fingerprint density at radius 2 is 0.883 bits per heavy atom. The quantitative estimate of drug-likeness (QED) is 0.224. The second-order valence-corrected chi connectivity index (χ2v) is 28.6. The molecule has 0 aromatic rings. The number of piperazine rings is 3. The van der Waals surface area contributed by atoms with E-state index < -0.39 is 0 Å². The average molecular weight is 1100 g/mol. The highest BCUT2D eigenvalue weighted by Crippen LogP contribution is 2.27. The van der Waals surface area contributed by atoms with Gasteiger partial charge in [-0.05, 0) is 195 Å². The number of rotatable bonds is 9. The van der Waals surface area contributed by atoms with E-state index in [0.29, 0.717) is 40.7 Å². The van der Waals surface area contributed by atoms with Crippen molar-refractivity contribution >= 4 is 11.8 Å². The van der Waals surface area contributed by atoms with Crippen LogP contribution in [0.4, 0.5) is 0 Å². The molecule has 16 nitrogen and oxygen atoms in total. The Morgan fingerprint density at radius 3 is 1.23 bits per heavy atom. The fourth-order valence-corrected chi connectivity index (χ4v) is 11.0. The smallest absolute Gasteiger partial charge is 0.221 e. The van der Waals surface area contributed by atoms with Crippen molar-refractivity contribution in [3.63, 3.8) is 0 Å². The molecule has 6 rings (SSSR count). The van der Waals surface area contributed by atoms with Crippen LogP contribution in [0.25, 0.3) is 0 Å². The number of piperidine rings is 2. The van der Waals surface area contributed by atoms with E-state index in [0.717, 1.165) is 131 Å². The molecule has 0 aromatic heterocycles. The van der Waals surface area contributed by atoms with Crippen molar-refractivity contribution in [3.05, 3.63) is 0 Å². The number of methoxy groups -OCH3 is 2. The fraction of sp³-hybridized carbons (Fsp3) is 0.967. The molecule has 2 unspecified atom stereocenters. The lowest BCUT2D eigenvalue weighted by atomic mass is 9.93. The highest BCUT2D eigenvalue weighted by Gasteiger charge is 2.34. The minimum atomic E-state index is -0.144. The van der Waals surface area contributed by atoms with E-state index in [1.807, 2.05) is 4.90 Å². The Kier molecular flexibility index (Phi) is 33.2. The highest BCUT2D eigenvalue weighted by atomic mass is 16.5. The van der Waals surface area contributed by atoms with E-state index in [2.05, 4.69) is 164 Å². The maximum absolute atomic E-state index is 11.1. The predicted molar refractivity (Wildman–Crippen MR) is 324 cm³/mol. The summed E-state index contributed by atoms with van der Waals surface area (Å²) in [7, 11) is 3.56. The first-order valence-corrected chi connectivity index (χ1v) is 30.2. The van der Waals surface area contributed by atoms with Gasteiger partial charge in [0.05, 0.1) is 25.7 Å². The third-order valence-electron chi connectivity index (χ3n) is 16.5. The molecule has 0 saturated carbocycles. The van der Waals surface area contributed by atoms with Gasteiger partial charge in [0.25, 0.3) is 0 Å². The summed E-state index contributed by atoms with van der Waals surface area (Å²) in [5.74, 6) is 0.680. The molecule has 0 aliphatic carbocycles. The zero-order valence-corrected chi connectivity index (χ0v) is 54.4. The van der Waals surface area contributed by atoms with Gasteiger partial charge < -0.3 is 30.3 Å². The van der Waals surface area contributed by atoms with Crippen LogP contribution in [0.3, 0.4) is 0 Å². The van der Waals surface area contributed by atoms with Gasteiger partial charge in [-0.2, -0.15) is 0 Å². The van der Waals surface area contributed by atoms with Crippen molar-refractivity contribution in [1.82, 2.24) is 44.1 Å². The van der Waals surface area contributed by atoms with E-state index >= 15 is 0 Å². The van der Waals surface area contributed by atoms with Gasteiger partial charge in [0.1, 0.15) is 0 Å². The van der Waals surface area contributed by atoms with E-state index in [-0.39, 0.29) is 35.4 Å². The van der Waals surface area contributed by atoms with Crippen molar-refractivity contribution in [1.29, 1.82) is 0 Å². The Bertz CT molecular complexity index is 1550. The number of likely N-dealkylation sites (tertiary alicyclic amines) is 3. The summed E-state index contributed by atoms with van der Waals surface area (Å²) >= 11 is 0. The monoisotopic (exact) mass is 1100 g/mol. The number of ether oxygens (including phenoxy) is 2. The molecule has 0 spiro atoms. The molecule has 458 valence electrons. The molecule has 2 atom stereocenters. The molecule has 16 heteroatoms. The Morgan fingerprint density at radius 1 is 0.481 bits per heavy atom. The lowest BCUT2D eigenvalue weighted by molar-refractivity contribution is -0.131. The molecule has 4 N–H and O–H groups in total. The molecule has 6 aliphatic heterocycles. The number of carbonyl (C=O) groups is 2. The Hall–Kier alpha value is -1.54. The number of aliphatic hydroxyl groups is 2. The summed E-state index contributed by atoms with van der Waals surface area (Å²) in [6.45, 7) is 64.8. The fourth-order valence-electron chi connectivity index (χ4n) is 11.0. The normalized spacial score (nSPS) is 23.2. The van der Waals surface area contributed by atoms with Crippen LogP contribution in [0.2, 0.25) is 0 Å². The van der Waals surface area contributed by atoms with E-state index in [1.165, 1.54) is 45.6 Å². The summed E-state index contributed by atoms with van der Waals surface area (Å²) < 4.78 is 10.3. The number of carbonyl (C=O) groups excluding carboxylic acids is 2. The molecular weight excluding hydrogens is 969 g/mol. The standard InChI is InChI=1S/C11H24N2O.C10H20N2O.C10H22N2O.C10H20N2O.2C10H21NO/c1-11(2,3)13-7-5-12(6-8-13)9-10-14-4;1-9(13)11-5-7-12(8-6-11)10(2,3)4;1-10(2,3)12-6-4-11(5-7-12)8-9-13;1-10(2,3)12-6-4-5-8(7-12)9(11)13;1-10(2,3)11-7-5-6-9(11)8-12-4;1-10(2,3)11-6-4-9(8-12)5-7-11/h5-10H2,1-4H3;5-8H2,1-4H3;13H,4-9H2,1-3H3;8H,4-7H2,1-3H3,(H2,11,13);9H,5-8H2,1-4H3;9,12H,4-8H2,1-3H3. The number of nitrogens with two attached hydrogens (primary N) is 1. The van der Waals surface area contributed by atoms with Gasteiger partial charge in [-0.3, -0.25) is 48.8 Å². The number of β-amino-alcohol motifs (C(OH)–C–C–N with tert-alkyl or cyclic N) is 1. The van der Waals surface area contributed by atoms with Crippen LogP contribution in [0.1, 0.15) is 170 Å². The molecule has 6 fully saturated rings. The van der Waals surface area contributed by atoms with Crippen LogP contribution >= 0.6 is 0 Å². The van der Waals surface area contributed by atoms with E-state index in [9.17, 15) is 9.59 Å². The minimum absolute atomic E-state index is 0.0629. The van der Waals surface area contributed by atoms with Gasteiger partial charge in [-0.25, -0.2) is 0 Å². The van der Waals surface area contributed by atoms with Crippen molar-refractivity contribution in [2.45, 2.75) is 209 Å². The zero-order valence-electron chi connectivity index (χ0n) is 54.4. The topological polar surface area (TPSA) is 148 Å². The number of aliphatic hydroxyl groups excluding tert-OH is 2. The number of nitrogens with zero attached hydrogens (tertiary/aromatic N) is 9. The number of hydrogen-bond donors (Lipinski definition) is 3. The number of primary amides is 1. The van der Waals surface area contributed by atoms with Crippen LogP contribution in [0.5, 0.6) is 0 Å². The lowest BCUT2D eigenvalue weighted by Gasteiger charge is -2.42. The van der Waals surface area contributed by atoms with Crippen LogP contribution in [0.15, 0.2) is 0 Å². The van der Waals surface area contributed by atoms with Gasteiger partial charge in [0.2, 0.25) is 11.8 Å². The Balaban J connectivity index is 0.000000462. The molecule has 0 radical (unpaired) electrons. The summed E-state index contributed by atoms with van der Waals surface area (Å²) in [6.07, 6.45) is 6.99. The molecule has 77 heavy (non-hydrogen) atoms. The van der Waals surface area contributed by atoms with Crippen LogP contribution in [-0.4, -0.2) is 270 Å². The first kappa shape index (κ1) is 73.5. The van der Waals surface area contributed by atoms with Gasteiger partial charge in [0, 0.05) is 165 Å². The molecule has 0 bridgehead atoms. The predicted octanol–water partition coefficient (Wildman–Crippen LogP) is 6.76. The summed E-state index contributed by atoms with van der Waals surface area (Å²) in [5, 5.41) is 17.8. The number of hydrogen-bond acceptors (Lipinski definition) is 14. The van der Waals surface area contributed by atoms with Gasteiger partial charge in [0.15, 0.2) is 0 Å². The molecule has 2 amide bonds. The largest absolute Gasteiger partial charge is 0.396 e. The van der Waals surface area contributed by atoms with Gasteiger partial charge >= 0.3 is 0 Å². The highest BCUT2D eigenvalue weighted by molar-refractivity contribution is 5.77. The van der Waals surface area contributed by atoms with Crippen molar-refractivity contribution in [3.8, 4) is 0 Å². The third-order valence-corrected chi connectivity index (χ3v) is 16.5. The second-order valence-electron chi connectivity index (χ2n) is 28.6. The molecule has 0 aromatic carbocycles. The second kappa shape index (κ2) is 34.8. The summed E-state index contributed by atoms with van der Waals surface area (Å²) in [5.41, 5.74) is 6.94. The van der Waals surface area contributed by atoms with Crippen molar-refractivity contribution < 1.29 is 29.3 Å². The third kappa shape index (κ3) is 29.8. The molecule has 6 saturated heterocycles. The SMILES string of the molecule is CC(=O)N1CCN(C(C)(C)C)CC1.CC(C)(C)N1CCC(CO)CC1.CC(C)(C)N1CCCC(C(N)=O)C1.CC(C)(C)N1CCN(CCO)CC1.COCC1CCCN1C(C)(C)C.COCCN1CCN(C(C)(C)C)CC1. The lowest BCUT2D eigenvalue weighted by Crippen LogP contribution is -2.54. The first-order chi connectivity index (χ1) is 35.5. The average Bonchev–Trinajstić information content (AvgIpc) is 3.83. The van der Waals surface area contributed by atoms with Crippen molar-refractivity contribution in [2.75, 3.05) is 165 Å². The Labute approximate surface area is 475 Å². The molecular formula is C61H128N10O6. The van der Waals surface area contributed by atoms with Gasteiger partial charge in [-0.15, -0.1) is 0 Å². The van der Waals surface area contributed by atoms with Crippen LogP contribution < -0.4 is 5.73 Å². The first-order valence-electron chi connectivity index (χ1n) is 30.2. The van der Waals surface area contributed by atoms with Crippen LogP contribution in [-0.2, 0) is 19.1 Å². The van der Waals surface area contributed by atoms with Crippen molar-refractivity contribution in [2.24, 2.45) is 17.6 Å². The number of amides is 2.